The van der Waals surface area contributed by atoms with Gasteiger partial charge in [-0.3, -0.25) is 0 Å². The molecule has 2 aromatic carbocycles. The summed E-state index contributed by atoms with van der Waals surface area (Å²) in [7, 11) is 0. The average Bonchev–Trinajstić information content (AvgIpc) is 2.42. The zero-order valence-electron chi connectivity index (χ0n) is 11.1. The van der Waals surface area contributed by atoms with E-state index >= 15 is 0 Å². The van der Waals surface area contributed by atoms with Crippen molar-refractivity contribution in [1.29, 1.82) is 0 Å². The summed E-state index contributed by atoms with van der Waals surface area (Å²) in [4.78, 5) is 10.5. The van der Waals surface area contributed by atoms with E-state index in [0.29, 0.717) is 21.5 Å². The first-order valence-corrected chi connectivity index (χ1v) is 6.86. The first-order chi connectivity index (χ1) is 9.95. The lowest BCUT2D eigenvalue weighted by atomic mass is 10.1. The van der Waals surface area contributed by atoms with E-state index in [2.05, 4.69) is 0 Å². The molecule has 0 radical (unpaired) electrons. The number of carboxylic acid groups (broad SMARTS) is 1. The quantitative estimate of drug-likeness (QED) is 0.787. The second kappa shape index (κ2) is 6.66. The lowest BCUT2D eigenvalue weighted by Gasteiger charge is -2.09. The van der Waals surface area contributed by atoms with Crippen molar-refractivity contribution in [3.05, 3.63) is 63.6 Å². The van der Waals surface area contributed by atoms with E-state index in [9.17, 15) is 4.79 Å². The van der Waals surface area contributed by atoms with Crippen molar-refractivity contribution in [2.75, 3.05) is 0 Å². The van der Waals surface area contributed by atoms with Gasteiger partial charge in [-0.05, 0) is 48.4 Å². The van der Waals surface area contributed by atoms with E-state index in [1.54, 1.807) is 36.4 Å². The average molecular weight is 323 g/mol. The molecule has 0 bridgehead atoms. The Morgan fingerprint density at radius 2 is 1.76 bits per heavy atom. The maximum absolute atomic E-state index is 10.5. The number of aliphatic carboxylic acids is 1. The SMILES string of the molecule is Cc1cc(Oc2ccc(Cl)c(Cl)c2)ccc1C=CC(=O)O. The molecular weight excluding hydrogens is 311 g/mol. The lowest BCUT2D eigenvalue weighted by molar-refractivity contribution is -0.131. The third-order valence-corrected chi connectivity index (χ3v) is 3.51. The van der Waals surface area contributed by atoms with Crippen LogP contribution < -0.4 is 4.74 Å². The third kappa shape index (κ3) is 4.25. The Morgan fingerprint density at radius 3 is 2.38 bits per heavy atom. The fourth-order valence-electron chi connectivity index (χ4n) is 1.74. The number of benzene rings is 2. The fraction of sp³-hybridized carbons (Fsp3) is 0.0625. The fourth-order valence-corrected chi connectivity index (χ4v) is 2.02. The van der Waals surface area contributed by atoms with Gasteiger partial charge in [-0.15, -0.1) is 0 Å². The van der Waals surface area contributed by atoms with Gasteiger partial charge >= 0.3 is 5.97 Å². The number of aryl methyl sites for hydroxylation is 1. The Kier molecular flexibility index (Phi) is 4.89. The standard InChI is InChI=1S/C16H12Cl2O3/c1-10-8-12(4-2-11(10)3-7-16(19)20)21-13-5-6-14(17)15(18)9-13/h2-9H,1H3,(H,19,20). The summed E-state index contributed by atoms with van der Waals surface area (Å²) in [6.07, 6.45) is 2.64. The van der Waals surface area contributed by atoms with E-state index in [1.165, 1.54) is 0 Å². The minimum Gasteiger partial charge on any atom is -0.478 e. The molecule has 0 amide bonds. The molecule has 2 aromatic rings. The maximum atomic E-state index is 10.5. The summed E-state index contributed by atoms with van der Waals surface area (Å²) in [6.45, 7) is 1.88. The molecule has 2 rings (SSSR count). The van der Waals surface area contributed by atoms with Crippen LogP contribution in [-0.2, 0) is 4.79 Å². The molecule has 0 unspecified atom stereocenters. The Bertz CT molecular complexity index is 709. The number of rotatable bonds is 4. The number of carboxylic acids is 1. The monoisotopic (exact) mass is 322 g/mol. The largest absolute Gasteiger partial charge is 0.478 e. The van der Waals surface area contributed by atoms with Crippen molar-refractivity contribution < 1.29 is 14.6 Å². The highest BCUT2D eigenvalue weighted by molar-refractivity contribution is 6.42. The molecule has 1 N–H and O–H groups in total. The van der Waals surface area contributed by atoms with Gasteiger partial charge in [-0.1, -0.05) is 29.3 Å². The van der Waals surface area contributed by atoms with Gasteiger partial charge in [0.05, 0.1) is 10.0 Å². The van der Waals surface area contributed by atoms with Crippen LogP contribution in [0.3, 0.4) is 0 Å². The summed E-state index contributed by atoms with van der Waals surface area (Å²) in [5, 5.41) is 9.52. The molecule has 108 valence electrons. The highest BCUT2D eigenvalue weighted by Gasteiger charge is 2.04. The van der Waals surface area contributed by atoms with Gasteiger partial charge in [-0.25, -0.2) is 4.79 Å². The minimum absolute atomic E-state index is 0.423. The second-order valence-corrected chi connectivity index (χ2v) is 5.18. The normalized spacial score (nSPS) is 10.8. The van der Waals surface area contributed by atoms with E-state index in [4.69, 9.17) is 33.0 Å². The van der Waals surface area contributed by atoms with E-state index in [-0.39, 0.29) is 0 Å². The van der Waals surface area contributed by atoms with Crippen molar-refractivity contribution in [3.8, 4) is 11.5 Å². The molecule has 5 heteroatoms. The predicted molar refractivity (Wildman–Crippen MR) is 84.4 cm³/mol. The molecule has 0 aromatic heterocycles. The molecule has 0 saturated carbocycles. The number of hydrogen-bond acceptors (Lipinski definition) is 2. The van der Waals surface area contributed by atoms with Crippen molar-refractivity contribution in [2.24, 2.45) is 0 Å². The number of halogens is 2. The number of hydrogen-bond donors (Lipinski definition) is 1. The van der Waals surface area contributed by atoms with E-state index in [1.807, 2.05) is 13.0 Å². The van der Waals surface area contributed by atoms with Crippen LogP contribution in [0.4, 0.5) is 0 Å². The first kappa shape index (κ1) is 15.4. The van der Waals surface area contributed by atoms with Crippen LogP contribution >= 0.6 is 23.2 Å². The Labute approximate surface area is 132 Å². The molecule has 0 atom stereocenters. The van der Waals surface area contributed by atoms with E-state index < -0.39 is 5.97 Å². The smallest absolute Gasteiger partial charge is 0.328 e. The molecule has 0 aliphatic heterocycles. The van der Waals surface area contributed by atoms with Crippen LogP contribution in [0.15, 0.2) is 42.5 Å². The molecule has 0 fully saturated rings. The lowest BCUT2D eigenvalue weighted by Crippen LogP contribution is -1.89. The summed E-state index contributed by atoms with van der Waals surface area (Å²) in [6, 6.07) is 10.4. The van der Waals surface area contributed by atoms with Crippen LogP contribution in [0, 0.1) is 6.92 Å². The molecular formula is C16H12Cl2O3. The minimum atomic E-state index is -0.981. The number of ether oxygens (including phenoxy) is 1. The van der Waals surface area contributed by atoms with Gasteiger partial charge in [-0.2, -0.15) is 0 Å². The van der Waals surface area contributed by atoms with Crippen molar-refractivity contribution in [3.63, 3.8) is 0 Å². The zero-order valence-corrected chi connectivity index (χ0v) is 12.7. The van der Waals surface area contributed by atoms with Crippen molar-refractivity contribution in [1.82, 2.24) is 0 Å². The van der Waals surface area contributed by atoms with Crippen LogP contribution in [0.1, 0.15) is 11.1 Å². The van der Waals surface area contributed by atoms with Crippen LogP contribution in [0.5, 0.6) is 11.5 Å². The summed E-state index contributed by atoms with van der Waals surface area (Å²) in [5.41, 5.74) is 1.73. The van der Waals surface area contributed by atoms with Gasteiger partial charge in [0.1, 0.15) is 11.5 Å². The molecule has 0 aliphatic carbocycles. The topological polar surface area (TPSA) is 46.5 Å². The van der Waals surface area contributed by atoms with Gasteiger partial charge in [0.15, 0.2) is 0 Å². The van der Waals surface area contributed by atoms with Gasteiger partial charge in [0.25, 0.3) is 0 Å². The van der Waals surface area contributed by atoms with Gasteiger partial charge < -0.3 is 9.84 Å². The highest BCUT2D eigenvalue weighted by Crippen LogP contribution is 2.30. The van der Waals surface area contributed by atoms with Gasteiger partial charge in [0.2, 0.25) is 0 Å². The predicted octanol–water partition coefficient (Wildman–Crippen LogP) is 5.19. The Morgan fingerprint density at radius 1 is 1.10 bits per heavy atom. The first-order valence-electron chi connectivity index (χ1n) is 6.10. The summed E-state index contributed by atoms with van der Waals surface area (Å²) >= 11 is 11.8. The zero-order chi connectivity index (χ0) is 15.4. The molecule has 0 heterocycles. The molecule has 21 heavy (non-hydrogen) atoms. The molecule has 0 saturated heterocycles. The third-order valence-electron chi connectivity index (χ3n) is 2.77. The van der Waals surface area contributed by atoms with Crippen molar-refractivity contribution in [2.45, 2.75) is 6.92 Å². The van der Waals surface area contributed by atoms with Crippen LogP contribution in [0.2, 0.25) is 10.0 Å². The Balaban J connectivity index is 2.20. The van der Waals surface area contributed by atoms with E-state index in [0.717, 1.165) is 17.2 Å². The molecule has 0 spiro atoms. The van der Waals surface area contributed by atoms with Gasteiger partial charge in [0, 0.05) is 12.1 Å². The summed E-state index contributed by atoms with van der Waals surface area (Å²) in [5.74, 6) is 0.238. The van der Waals surface area contributed by atoms with Crippen molar-refractivity contribution >= 4 is 35.2 Å². The number of carbonyl (C=O) groups is 1. The molecule has 0 aliphatic rings. The highest BCUT2D eigenvalue weighted by atomic mass is 35.5. The van der Waals surface area contributed by atoms with Crippen LogP contribution in [0.25, 0.3) is 6.08 Å². The van der Waals surface area contributed by atoms with Crippen LogP contribution in [-0.4, -0.2) is 11.1 Å². The maximum Gasteiger partial charge on any atom is 0.328 e. The Hall–Kier alpha value is -1.97. The summed E-state index contributed by atoms with van der Waals surface area (Å²) < 4.78 is 5.69. The molecule has 3 nitrogen and oxygen atoms in total. The second-order valence-electron chi connectivity index (χ2n) is 4.37.